The maximum Gasteiger partial charge on any atom is 0.328 e. The van der Waals surface area contributed by atoms with Crippen molar-refractivity contribution in [3.8, 4) is 5.75 Å². The van der Waals surface area contributed by atoms with Crippen molar-refractivity contribution in [1.29, 1.82) is 0 Å². The van der Waals surface area contributed by atoms with E-state index in [0.717, 1.165) is 16.9 Å². The number of allylic oxidation sites excluding steroid dienone is 1. The Morgan fingerprint density at radius 3 is 2.26 bits per heavy atom. The summed E-state index contributed by atoms with van der Waals surface area (Å²) in [6.45, 7) is 8.84. The van der Waals surface area contributed by atoms with Gasteiger partial charge in [0.25, 0.3) is 0 Å². The van der Waals surface area contributed by atoms with Gasteiger partial charge >= 0.3 is 5.97 Å². The Hall–Kier alpha value is -1.77. The van der Waals surface area contributed by atoms with Crippen molar-refractivity contribution in [2.75, 3.05) is 6.61 Å². The predicted molar refractivity (Wildman–Crippen MR) is 77.3 cm³/mol. The molecule has 1 aromatic rings. The quantitative estimate of drug-likeness (QED) is 0.816. The maximum absolute atomic E-state index is 10.9. The van der Waals surface area contributed by atoms with Crippen LogP contribution >= 0.6 is 0 Å². The van der Waals surface area contributed by atoms with Gasteiger partial charge in [-0.05, 0) is 42.0 Å². The average molecular weight is 262 g/mol. The van der Waals surface area contributed by atoms with E-state index < -0.39 is 5.97 Å². The van der Waals surface area contributed by atoms with Crippen LogP contribution in [0.4, 0.5) is 0 Å². The van der Waals surface area contributed by atoms with Crippen LogP contribution in [0, 0.1) is 5.41 Å². The molecule has 3 heteroatoms. The molecule has 1 rings (SSSR count). The van der Waals surface area contributed by atoms with Gasteiger partial charge in [-0.25, -0.2) is 4.79 Å². The van der Waals surface area contributed by atoms with Gasteiger partial charge in [-0.2, -0.15) is 0 Å². The van der Waals surface area contributed by atoms with E-state index in [9.17, 15) is 4.79 Å². The van der Waals surface area contributed by atoms with Crippen molar-refractivity contribution < 1.29 is 14.6 Å². The molecular weight excluding hydrogens is 240 g/mol. The van der Waals surface area contributed by atoms with E-state index in [2.05, 4.69) is 20.8 Å². The number of aliphatic carboxylic acids is 1. The first-order valence-electron chi connectivity index (χ1n) is 6.48. The zero-order valence-corrected chi connectivity index (χ0v) is 12.1. The molecule has 3 nitrogen and oxygen atoms in total. The summed E-state index contributed by atoms with van der Waals surface area (Å²) in [5.41, 5.74) is 1.81. The third-order valence-corrected chi connectivity index (χ3v) is 2.55. The van der Waals surface area contributed by atoms with Crippen molar-refractivity contribution in [3.63, 3.8) is 0 Å². The highest BCUT2D eigenvalue weighted by Gasteiger charge is 2.15. The number of benzene rings is 1. The molecule has 0 aliphatic rings. The number of hydrogen-bond acceptors (Lipinski definition) is 2. The minimum absolute atomic E-state index is 0.0415. The molecule has 0 fully saturated rings. The molecule has 1 aromatic carbocycles. The Morgan fingerprint density at radius 1 is 1.26 bits per heavy atom. The summed E-state index contributed by atoms with van der Waals surface area (Å²) in [5.74, 6) is -0.107. The van der Waals surface area contributed by atoms with E-state index in [1.54, 1.807) is 0 Å². The Kier molecular flexibility index (Phi) is 5.16. The van der Waals surface area contributed by atoms with Crippen LogP contribution in [0.3, 0.4) is 0 Å². The minimum Gasteiger partial charge on any atom is -0.494 e. The van der Waals surface area contributed by atoms with Crippen LogP contribution in [-0.4, -0.2) is 17.7 Å². The van der Waals surface area contributed by atoms with Crippen LogP contribution in [0.2, 0.25) is 0 Å². The van der Waals surface area contributed by atoms with E-state index in [4.69, 9.17) is 9.84 Å². The summed E-state index contributed by atoms with van der Waals surface area (Å²) < 4.78 is 5.39. The van der Waals surface area contributed by atoms with Crippen molar-refractivity contribution >= 4 is 11.5 Å². The summed E-state index contributed by atoms with van der Waals surface area (Å²) in [4.78, 5) is 10.9. The lowest BCUT2D eigenvalue weighted by Crippen LogP contribution is -2.07. The van der Waals surface area contributed by atoms with Gasteiger partial charge in [0, 0.05) is 6.08 Å². The normalized spacial score (nSPS) is 12.3. The van der Waals surface area contributed by atoms with Crippen LogP contribution in [0.15, 0.2) is 30.3 Å². The second kappa shape index (κ2) is 6.41. The molecule has 0 amide bonds. The highest BCUT2D eigenvalue weighted by molar-refractivity contribution is 5.90. The topological polar surface area (TPSA) is 46.5 Å². The molecule has 0 heterocycles. The molecule has 0 saturated heterocycles. The van der Waals surface area contributed by atoms with E-state index >= 15 is 0 Å². The molecule has 0 radical (unpaired) electrons. The maximum atomic E-state index is 10.9. The fraction of sp³-hybridized carbons (Fsp3) is 0.438. The molecule has 0 saturated carbocycles. The lowest BCUT2D eigenvalue weighted by atomic mass is 9.85. The molecule has 0 unspecified atom stereocenters. The first-order chi connectivity index (χ1) is 8.81. The summed E-state index contributed by atoms with van der Waals surface area (Å²) in [7, 11) is 0. The molecule has 0 spiro atoms. The Bertz CT molecular complexity index is 450. The van der Waals surface area contributed by atoms with Gasteiger partial charge < -0.3 is 9.84 Å². The summed E-state index contributed by atoms with van der Waals surface area (Å²) in [5, 5.41) is 8.98. The van der Waals surface area contributed by atoms with Crippen molar-refractivity contribution in [2.24, 2.45) is 5.41 Å². The van der Waals surface area contributed by atoms with Crippen LogP contribution in [0.1, 0.15) is 39.7 Å². The summed E-state index contributed by atoms with van der Waals surface area (Å²) >= 11 is 0. The van der Waals surface area contributed by atoms with Crippen LogP contribution in [0.5, 0.6) is 5.75 Å². The number of carboxylic acids is 1. The summed E-state index contributed by atoms with van der Waals surface area (Å²) in [6, 6.07) is 7.56. The molecule has 0 atom stereocenters. The van der Waals surface area contributed by atoms with Gasteiger partial charge in [0.2, 0.25) is 0 Å². The number of carboxylic acid groups (broad SMARTS) is 1. The SMILES string of the molecule is CCOc1ccc(/C(=C\C(=O)O)CC(C)(C)C)cc1. The van der Waals surface area contributed by atoms with Crippen molar-refractivity contribution in [1.82, 2.24) is 0 Å². The minimum atomic E-state index is -0.909. The van der Waals surface area contributed by atoms with Crippen LogP contribution in [-0.2, 0) is 4.79 Å². The van der Waals surface area contributed by atoms with E-state index in [-0.39, 0.29) is 5.41 Å². The molecule has 0 aromatic heterocycles. The molecule has 0 aliphatic heterocycles. The summed E-state index contributed by atoms with van der Waals surface area (Å²) in [6.07, 6.45) is 2.01. The smallest absolute Gasteiger partial charge is 0.328 e. The lowest BCUT2D eigenvalue weighted by molar-refractivity contribution is -0.131. The lowest BCUT2D eigenvalue weighted by Gasteiger charge is -2.20. The average Bonchev–Trinajstić information content (AvgIpc) is 2.27. The second-order valence-corrected chi connectivity index (χ2v) is 5.70. The zero-order chi connectivity index (χ0) is 14.5. The molecule has 0 bridgehead atoms. The van der Waals surface area contributed by atoms with Gasteiger partial charge in [0.15, 0.2) is 0 Å². The van der Waals surface area contributed by atoms with Gasteiger partial charge in [0.1, 0.15) is 5.75 Å². The Balaban J connectivity index is 3.01. The first-order valence-corrected chi connectivity index (χ1v) is 6.48. The molecular formula is C16H22O3. The van der Waals surface area contributed by atoms with Crippen LogP contribution < -0.4 is 4.74 Å². The fourth-order valence-corrected chi connectivity index (χ4v) is 1.89. The van der Waals surface area contributed by atoms with Gasteiger partial charge in [-0.15, -0.1) is 0 Å². The number of ether oxygens (including phenoxy) is 1. The first kappa shape index (κ1) is 15.3. The van der Waals surface area contributed by atoms with E-state index in [1.165, 1.54) is 6.08 Å². The van der Waals surface area contributed by atoms with Crippen molar-refractivity contribution in [3.05, 3.63) is 35.9 Å². The van der Waals surface area contributed by atoms with E-state index in [1.807, 2.05) is 31.2 Å². The van der Waals surface area contributed by atoms with Gasteiger partial charge in [0.05, 0.1) is 6.61 Å². The van der Waals surface area contributed by atoms with Gasteiger partial charge in [-0.1, -0.05) is 32.9 Å². The van der Waals surface area contributed by atoms with Gasteiger partial charge in [-0.3, -0.25) is 0 Å². The number of carbonyl (C=O) groups is 1. The highest BCUT2D eigenvalue weighted by Crippen LogP contribution is 2.31. The number of hydrogen-bond donors (Lipinski definition) is 1. The van der Waals surface area contributed by atoms with E-state index in [0.29, 0.717) is 13.0 Å². The standard InChI is InChI=1S/C16H22O3/c1-5-19-14-8-6-12(7-9-14)13(10-15(17)18)11-16(2,3)4/h6-10H,5,11H2,1-4H3,(H,17,18)/b13-10-. The monoisotopic (exact) mass is 262 g/mol. The third kappa shape index (κ3) is 5.60. The number of rotatable bonds is 5. The highest BCUT2D eigenvalue weighted by atomic mass is 16.5. The largest absolute Gasteiger partial charge is 0.494 e. The molecule has 0 aliphatic carbocycles. The zero-order valence-electron chi connectivity index (χ0n) is 12.1. The Morgan fingerprint density at radius 2 is 1.84 bits per heavy atom. The molecule has 19 heavy (non-hydrogen) atoms. The molecule has 104 valence electrons. The Labute approximate surface area is 114 Å². The third-order valence-electron chi connectivity index (χ3n) is 2.55. The second-order valence-electron chi connectivity index (χ2n) is 5.70. The molecule has 1 N–H and O–H groups in total. The predicted octanol–water partition coefficient (Wildman–Crippen LogP) is 3.99. The van der Waals surface area contributed by atoms with Crippen molar-refractivity contribution in [2.45, 2.75) is 34.1 Å². The van der Waals surface area contributed by atoms with Crippen LogP contribution in [0.25, 0.3) is 5.57 Å². The fourth-order valence-electron chi connectivity index (χ4n) is 1.89.